The minimum atomic E-state index is -0.425. The molecule has 178 valence electrons. The summed E-state index contributed by atoms with van der Waals surface area (Å²) in [6.07, 6.45) is 3.10. The maximum absolute atomic E-state index is 12.7. The van der Waals surface area contributed by atoms with Gasteiger partial charge in [-0.1, -0.05) is 25.1 Å². The van der Waals surface area contributed by atoms with Crippen molar-refractivity contribution in [2.24, 2.45) is 0 Å². The fourth-order valence-corrected chi connectivity index (χ4v) is 4.71. The SMILES string of the molecule is CCOC(=O)c1cc(CC)sc1NC(=O)CCN(CC(=O)Nc1c(C)cccc1C)C1CC1. The van der Waals surface area contributed by atoms with E-state index < -0.39 is 5.97 Å². The van der Waals surface area contributed by atoms with Crippen molar-refractivity contribution in [1.82, 2.24) is 4.90 Å². The van der Waals surface area contributed by atoms with Crippen LogP contribution in [0.25, 0.3) is 0 Å². The molecular formula is C25H33N3O4S. The van der Waals surface area contributed by atoms with Crippen molar-refractivity contribution < 1.29 is 19.1 Å². The number of nitrogens with one attached hydrogen (secondary N) is 2. The number of carbonyl (C=O) groups is 3. The van der Waals surface area contributed by atoms with Crippen molar-refractivity contribution in [3.05, 3.63) is 45.8 Å². The molecule has 33 heavy (non-hydrogen) atoms. The van der Waals surface area contributed by atoms with E-state index in [1.165, 1.54) is 11.3 Å². The van der Waals surface area contributed by atoms with Crippen molar-refractivity contribution >= 4 is 39.8 Å². The van der Waals surface area contributed by atoms with Crippen LogP contribution in [0.5, 0.6) is 0 Å². The van der Waals surface area contributed by atoms with E-state index in [0.29, 0.717) is 23.2 Å². The van der Waals surface area contributed by atoms with Gasteiger partial charge in [0.2, 0.25) is 11.8 Å². The average Bonchev–Trinajstić information content (AvgIpc) is 3.54. The van der Waals surface area contributed by atoms with Crippen LogP contribution in [-0.4, -0.2) is 48.4 Å². The molecule has 0 atom stereocenters. The standard InChI is InChI=1S/C25H33N3O4S/c1-5-19-14-20(25(31)32-6-2)24(33-19)27-21(29)12-13-28(18-10-11-18)15-22(30)26-23-16(3)8-7-9-17(23)4/h7-9,14,18H,5-6,10-13,15H2,1-4H3,(H,26,30)(H,27,29). The number of nitrogens with zero attached hydrogens (tertiary/aromatic N) is 1. The molecule has 2 amide bonds. The van der Waals surface area contributed by atoms with E-state index in [1.807, 2.05) is 39.0 Å². The summed E-state index contributed by atoms with van der Waals surface area (Å²) in [5, 5.41) is 6.44. The molecule has 2 aromatic rings. The van der Waals surface area contributed by atoms with Crippen molar-refractivity contribution in [3.63, 3.8) is 0 Å². The third-order valence-corrected chi connectivity index (χ3v) is 6.86. The number of anilines is 2. The molecule has 3 rings (SSSR count). The average molecular weight is 472 g/mol. The molecular weight excluding hydrogens is 438 g/mol. The number of hydrogen-bond donors (Lipinski definition) is 2. The van der Waals surface area contributed by atoms with Crippen molar-refractivity contribution in [1.29, 1.82) is 0 Å². The van der Waals surface area contributed by atoms with E-state index in [2.05, 4.69) is 15.5 Å². The highest BCUT2D eigenvalue weighted by Gasteiger charge is 2.30. The van der Waals surface area contributed by atoms with Gasteiger partial charge in [-0.2, -0.15) is 0 Å². The predicted octanol–water partition coefficient (Wildman–Crippen LogP) is 4.54. The molecule has 1 aliphatic rings. The van der Waals surface area contributed by atoms with Crippen LogP contribution in [-0.2, 0) is 20.7 Å². The smallest absolute Gasteiger partial charge is 0.341 e. The first kappa shape index (κ1) is 24.9. The first-order valence-corrected chi connectivity index (χ1v) is 12.3. The Bertz CT molecular complexity index is 993. The van der Waals surface area contributed by atoms with Crippen molar-refractivity contribution in [2.45, 2.75) is 59.4 Å². The summed E-state index contributed by atoms with van der Waals surface area (Å²) in [5.74, 6) is -0.674. The van der Waals surface area contributed by atoms with Gasteiger partial charge in [-0.3, -0.25) is 14.5 Å². The minimum Gasteiger partial charge on any atom is -0.462 e. The van der Waals surface area contributed by atoms with Gasteiger partial charge in [0.25, 0.3) is 0 Å². The highest BCUT2D eigenvalue weighted by atomic mass is 32.1. The summed E-state index contributed by atoms with van der Waals surface area (Å²) < 4.78 is 5.12. The molecule has 1 saturated carbocycles. The first-order valence-electron chi connectivity index (χ1n) is 11.5. The van der Waals surface area contributed by atoms with Gasteiger partial charge in [0.05, 0.1) is 18.7 Å². The Kier molecular flexibility index (Phi) is 8.63. The molecule has 0 unspecified atom stereocenters. The van der Waals surface area contributed by atoms with E-state index in [0.717, 1.165) is 41.0 Å². The number of rotatable bonds is 11. The normalized spacial score (nSPS) is 13.1. The maximum atomic E-state index is 12.7. The zero-order valence-electron chi connectivity index (χ0n) is 19.8. The van der Waals surface area contributed by atoms with Gasteiger partial charge >= 0.3 is 5.97 Å². The van der Waals surface area contributed by atoms with Crippen LogP contribution in [0.3, 0.4) is 0 Å². The Morgan fingerprint density at radius 2 is 1.79 bits per heavy atom. The lowest BCUT2D eigenvalue weighted by Crippen LogP contribution is -2.37. The van der Waals surface area contributed by atoms with Crippen LogP contribution < -0.4 is 10.6 Å². The van der Waals surface area contributed by atoms with E-state index in [-0.39, 0.29) is 31.4 Å². The van der Waals surface area contributed by atoms with Crippen LogP contribution in [0, 0.1) is 13.8 Å². The first-order chi connectivity index (χ1) is 15.8. The number of benzene rings is 1. The van der Waals surface area contributed by atoms with Gasteiger partial charge in [-0.25, -0.2) is 4.79 Å². The molecule has 0 radical (unpaired) electrons. The third kappa shape index (κ3) is 6.88. The van der Waals surface area contributed by atoms with E-state index in [1.54, 1.807) is 13.0 Å². The second kappa shape index (κ2) is 11.4. The molecule has 1 heterocycles. The fraction of sp³-hybridized carbons (Fsp3) is 0.480. The molecule has 0 saturated heterocycles. The van der Waals surface area contributed by atoms with E-state index >= 15 is 0 Å². The van der Waals surface area contributed by atoms with Crippen molar-refractivity contribution in [3.8, 4) is 0 Å². The topological polar surface area (TPSA) is 87.7 Å². The third-order valence-electron chi connectivity index (χ3n) is 5.66. The zero-order chi connectivity index (χ0) is 24.0. The van der Waals surface area contributed by atoms with Gasteiger partial charge in [-0.05, 0) is 57.2 Å². The van der Waals surface area contributed by atoms with Gasteiger partial charge in [0, 0.05) is 29.6 Å². The number of hydrogen-bond acceptors (Lipinski definition) is 6. The number of aryl methyl sites for hydroxylation is 3. The molecule has 0 bridgehead atoms. The highest BCUT2D eigenvalue weighted by molar-refractivity contribution is 7.16. The summed E-state index contributed by atoms with van der Waals surface area (Å²) in [5.41, 5.74) is 3.31. The summed E-state index contributed by atoms with van der Waals surface area (Å²) in [6, 6.07) is 8.05. The van der Waals surface area contributed by atoms with Gasteiger partial charge in [-0.15, -0.1) is 11.3 Å². The number of amides is 2. The Hall–Kier alpha value is -2.71. The maximum Gasteiger partial charge on any atom is 0.341 e. The molecule has 1 fully saturated rings. The number of carbonyl (C=O) groups excluding carboxylic acids is 3. The summed E-state index contributed by atoms with van der Waals surface area (Å²) >= 11 is 1.40. The molecule has 2 N–H and O–H groups in total. The molecule has 7 nitrogen and oxygen atoms in total. The van der Waals surface area contributed by atoms with Crippen LogP contribution in [0.2, 0.25) is 0 Å². The van der Waals surface area contributed by atoms with Gasteiger partial charge in [0.15, 0.2) is 0 Å². The number of thiophene rings is 1. The van der Waals surface area contributed by atoms with Crippen LogP contribution in [0.15, 0.2) is 24.3 Å². The van der Waals surface area contributed by atoms with Gasteiger partial charge in [0.1, 0.15) is 5.00 Å². The number of ether oxygens (including phenoxy) is 1. The summed E-state index contributed by atoms with van der Waals surface area (Å²) in [7, 11) is 0. The monoisotopic (exact) mass is 471 g/mol. The molecule has 1 aromatic heterocycles. The lowest BCUT2D eigenvalue weighted by molar-refractivity contribution is -0.119. The quantitative estimate of drug-likeness (QED) is 0.470. The zero-order valence-corrected chi connectivity index (χ0v) is 20.6. The Morgan fingerprint density at radius 1 is 1.09 bits per heavy atom. The predicted molar refractivity (Wildman–Crippen MR) is 132 cm³/mol. The van der Waals surface area contributed by atoms with Gasteiger partial charge < -0.3 is 15.4 Å². The Labute approximate surface area is 199 Å². The number of esters is 1. The minimum absolute atomic E-state index is 0.0739. The molecule has 0 spiro atoms. The fourth-order valence-electron chi connectivity index (χ4n) is 3.71. The Balaban J connectivity index is 1.57. The van der Waals surface area contributed by atoms with Crippen LogP contribution >= 0.6 is 11.3 Å². The molecule has 1 aromatic carbocycles. The lowest BCUT2D eigenvalue weighted by Gasteiger charge is -2.22. The van der Waals surface area contributed by atoms with Crippen molar-refractivity contribution in [2.75, 3.05) is 30.3 Å². The summed E-state index contributed by atoms with van der Waals surface area (Å²) in [6.45, 7) is 8.73. The van der Waals surface area contributed by atoms with E-state index in [9.17, 15) is 14.4 Å². The van der Waals surface area contributed by atoms with Crippen LogP contribution in [0.1, 0.15) is 59.5 Å². The molecule has 0 aliphatic heterocycles. The second-order valence-corrected chi connectivity index (χ2v) is 9.48. The Morgan fingerprint density at radius 3 is 2.39 bits per heavy atom. The highest BCUT2D eigenvalue weighted by Crippen LogP contribution is 2.30. The van der Waals surface area contributed by atoms with E-state index in [4.69, 9.17) is 4.74 Å². The van der Waals surface area contributed by atoms with Crippen LogP contribution in [0.4, 0.5) is 10.7 Å². The molecule has 1 aliphatic carbocycles. The largest absolute Gasteiger partial charge is 0.462 e. The second-order valence-electron chi connectivity index (χ2n) is 8.34. The number of para-hydroxylation sites is 1. The lowest BCUT2D eigenvalue weighted by atomic mass is 10.1. The summed E-state index contributed by atoms with van der Waals surface area (Å²) in [4.78, 5) is 40.7. The molecule has 8 heteroatoms.